The molecule has 2 fully saturated rings. The van der Waals surface area contributed by atoms with Gasteiger partial charge in [0.1, 0.15) is 30.7 Å². The lowest BCUT2D eigenvalue weighted by molar-refractivity contribution is -0.131. The number of carbonyl (C=O) groups excluding carboxylic acids is 2. The van der Waals surface area contributed by atoms with Gasteiger partial charge in [-0.2, -0.15) is 0 Å². The fourth-order valence-corrected chi connectivity index (χ4v) is 6.12. The first-order valence-corrected chi connectivity index (χ1v) is 11.0. The number of nitrogens with one attached hydrogen (secondary N) is 1. The highest BCUT2D eigenvalue weighted by Crippen LogP contribution is 2.49. The molecule has 0 radical (unpaired) electrons. The highest BCUT2D eigenvalue weighted by atomic mass is 32.2. The van der Waals surface area contributed by atoms with Gasteiger partial charge < -0.3 is 9.53 Å². The first-order chi connectivity index (χ1) is 15.0. The van der Waals surface area contributed by atoms with Crippen molar-refractivity contribution in [2.75, 3.05) is 13.3 Å². The predicted octanol–water partition coefficient (Wildman–Crippen LogP) is 4.04. The lowest BCUT2D eigenvalue weighted by Crippen LogP contribution is -2.65. The Hall–Kier alpha value is -2.16. The topological polar surface area (TPSA) is 55.4 Å². The molecule has 0 amide bonds. The molecule has 1 N–H and O–H groups in total. The van der Waals surface area contributed by atoms with Crippen molar-refractivity contribution in [3.8, 4) is 0 Å². The lowest BCUT2D eigenvalue weighted by Gasteiger charge is -2.54. The molecular formula is C23H22F3NO3S. The minimum absolute atomic E-state index is 0.0690. The minimum Gasteiger partial charge on any atom is -0.368 e. The van der Waals surface area contributed by atoms with Gasteiger partial charge in [-0.3, -0.25) is 10.1 Å². The molecular weight excluding hydrogens is 427 g/mol. The van der Waals surface area contributed by atoms with Gasteiger partial charge in [-0.15, -0.1) is 11.8 Å². The number of hydrogen-bond acceptors (Lipinski definition) is 5. The second-order valence-electron chi connectivity index (χ2n) is 7.88. The highest BCUT2D eigenvalue weighted by molar-refractivity contribution is 8.00. The summed E-state index contributed by atoms with van der Waals surface area (Å²) in [4.78, 5) is 24.1. The van der Waals surface area contributed by atoms with Crippen molar-refractivity contribution in [1.82, 2.24) is 5.32 Å². The van der Waals surface area contributed by atoms with E-state index in [-0.39, 0.29) is 30.8 Å². The number of fused-ring (bicyclic) bond motifs is 1. The monoisotopic (exact) mass is 449 g/mol. The van der Waals surface area contributed by atoms with Crippen molar-refractivity contribution < 1.29 is 27.5 Å². The van der Waals surface area contributed by atoms with Crippen LogP contribution < -0.4 is 5.32 Å². The van der Waals surface area contributed by atoms with Crippen LogP contribution >= 0.6 is 11.8 Å². The van der Waals surface area contributed by atoms with Crippen LogP contribution in [0.15, 0.2) is 48.5 Å². The van der Waals surface area contributed by atoms with Crippen LogP contribution in [0.2, 0.25) is 0 Å². The SMILES string of the molecule is O=C[C@H]1C[C@H]2[C@@H](CF)SC(CC(=O)c3ccccc3)N[C@@]2(c2ccc(F)cc2F)CO1. The Kier molecular flexibility index (Phi) is 6.50. The Morgan fingerprint density at radius 2 is 2.00 bits per heavy atom. The second-order valence-corrected chi connectivity index (χ2v) is 9.33. The molecule has 2 aliphatic rings. The summed E-state index contributed by atoms with van der Waals surface area (Å²) in [6.07, 6.45) is 0.213. The molecule has 1 unspecified atom stereocenters. The van der Waals surface area contributed by atoms with E-state index < -0.39 is 46.5 Å². The molecule has 0 bridgehead atoms. The molecule has 2 heterocycles. The van der Waals surface area contributed by atoms with E-state index in [1.165, 1.54) is 17.8 Å². The molecule has 0 spiro atoms. The number of Topliss-reactive ketones (excluding diaryl/α,β-unsaturated/α-hetero) is 1. The van der Waals surface area contributed by atoms with Crippen LogP contribution in [0.5, 0.6) is 0 Å². The van der Waals surface area contributed by atoms with Crippen molar-refractivity contribution in [2.45, 2.75) is 35.1 Å². The molecule has 4 rings (SSSR count). The largest absolute Gasteiger partial charge is 0.368 e. The normalized spacial score (nSPS) is 30.4. The zero-order valence-electron chi connectivity index (χ0n) is 16.6. The summed E-state index contributed by atoms with van der Waals surface area (Å²) >= 11 is 1.28. The number of rotatable bonds is 6. The van der Waals surface area contributed by atoms with E-state index in [0.29, 0.717) is 11.8 Å². The van der Waals surface area contributed by atoms with E-state index in [2.05, 4.69) is 5.32 Å². The maximum atomic E-state index is 14.9. The lowest BCUT2D eigenvalue weighted by atomic mass is 9.71. The Balaban J connectivity index is 1.70. The Bertz CT molecular complexity index is 960. The van der Waals surface area contributed by atoms with Crippen LogP contribution in [-0.2, 0) is 15.1 Å². The van der Waals surface area contributed by atoms with Gasteiger partial charge in [-0.25, -0.2) is 13.2 Å². The molecule has 2 aromatic carbocycles. The first-order valence-electron chi connectivity index (χ1n) is 10.1. The number of carbonyl (C=O) groups is 2. The van der Waals surface area contributed by atoms with E-state index in [0.717, 1.165) is 12.1 Å². The maximum Gasteiger partial charge on any atom is 0.165 e. The molecule has 2 aliphatic heterocycles. The van der Waals surface area contributed by atoms with E-state index in [1.807, 2.05) is 6.07 Å². The molecule has 4 nitrogen and oxygen atoms in total. The van der Waals surface area contributed by atoms with Crippen molar-refractivity contribution >= 4 is 23.8 Å². The molecule has 31 heavy (non-hydrogen) atoms. The molecule has 0 aromatic heterocycles. The van der Waals surface area contributed by atoms with Gasteiger partial charge in [-0.05, 0) is 12.5 Å². The van der Waals surface area contributed by atoms with Gasteiger partial charge in [-0.1, -0.05) is 36.4 Å². The van der Waals surface area contributed by atoms with Crippen molar-refractivity contribution in [3.63, 3.8) is 0 Å². The van der Waals surface area contributed by atoms with Gasteiger partial charge in [0, 0.05) is 34.8 Å². The van der Waals surface area contributed by atoms with E-state index in [9.17, 15) is 22.8 Å². The summed E-state index contributed by atoms with van der Waals surface area (Å²) in [7, 11) is 0. The molecule has 8 heteroatoms. The summed E-state index contributed by atoms with van der Waals surface area (Å²) in [6, 6.07) is 12.0. The smallest absolute Gasteiger partial charge is 0.165 e. The molecule has 0 aliphatic carbocycles. The van der Waals surface area contributed by atoms with Crippen LogP contribution in [0.3, 0.4) is 0 Å². The summed E-state index contributed by atoms with van der Waals surface area (Å²) in [6.45, 7) is -0.792. The van der Waals surface area contributed by atoms with Gasteiger partial charge in [0.25, 0.3) is 0 Å². The minimum atomic E-state index is -1.18. The maximum absolute atomic E-state index is 14.9. The first kappa shape index (κ1) is 22.0. The average molecular weight is 449 g/mol. The molecule has 164 valence electrons. The number of halogens is 3. The van der Waals surface area contributed by atoms with Gasteiger partial charge in [0.2, 0.25) is 0 Å². The standard InChI is InChI=1S/C23H22F3NO3S/c24-11-21-18-9-16(12-28)30-13-23(18,17-7-6-15(25)8-19(17)26)27-22(31-21)10-20(29)14-4-2-1-3-5-14/h1-8,12,16,18,21-22,27H,9-11,13H2/t16-,18+,21-,22?,23-/m1/s1. The van der Waals surface area contributed by atoms with Crippen LogP contribution in [-0.4, -0.2) is 42.1 Å². The summed E-state index contributed by atoms with van der Waals surface area (Å²) in [5.74, 6) is -2.10. The van der Waals surface area contributed by atoms with Gasteiger partial charge >= 0.3 is 0 Å². The average Bonchev–Trinajstić information content (AvgIpc) is 2.78. The number of ether oxygens (including phenoxy) is 1. The van der Waals surface area contributed by atoms with E-state index in [4.69, 9.17) is 4.74 Å². The summed E-state index contributed by atoms with van der Waals surface area (Å²) in [5, 5.41) is 2.24. The predicted molar refractivity (Wildman–Crippen MR) is 112 cm³/mol. The van der Waals surface area contributed by atoms with Gasteiger partial charge in [0.15, 0.2) is 5.78 Å². The summed E-state index contributed by atoms with van der Waals surface area (Å²) < 4.78 is 48.3. The van der Waals surface area contributed by atoms with Crippen LogP contribution in [0.1, 0.15) is 28.8 Å². The number of alkyl halides is 1. The van der Waals surface area contributed by atoms with Crippen LogP contribution in [0, 0.1) is 17.6 Å². The quantitative estimate of drug-likeness (QED) is 0.533. The zero-order valence-corrected chi connectivity index (χ0v) is 17.4. The van der Waals surface area contributed by atoms with Crippen molar-refractivity contribution in [1.29, 1.82) is 0 Å². The van der Waals surface area contributed by atoms with Crippen LogP contribution in [0.4, 0.5) is 13.2 Å². The number of ketones is 1. The number of thioether (sulfide) groups is 1. The Morgan fingerprint density at radius 1 is 1.23 bits per heavy atom. The summed E-state index contributed by atoms with van der Waals surface area (Å²) in [5.41, 5.74) is -0.494. The fraction of sp³-hybridized carbons (Fsp3) is 0.391. The third-order valence-electron chi connectivity index (χ3n) is 6.03. The Morgan fingerprint density at radius 3 is 2.68 bits per heavy atom. The highest BCUT2D eigenvalue weighted by Gasteiger charge is 2.54. The van der Waals surface area contributed by atoms with Gasteiger partial charge in [0.05, 0.1) is 17.5 Å². The molecule has 5 atom stereocenters. The zero-order chi connectivity index (χ0) is 22.0. The molecule has 0 saturated carbocycles. The van der Waals surface area contributed by atoms with Crippen molar-refractivity contribution in [2.24, 2.45) is 5.92 Å². The van der Waals surface area contributed by atoms with E-state index >= 15 is 0 Å². The van der Waals surface area contributed by atoms with Crippen molar-refractivity contribution in [3.05, 3.63) is 71.3 Å². The third-order valence-corrected chi connectivity index (χ3v) is 7.45. The Labute approximate surface area is 182 Å². The van der Waals surface area contributed by atoms with Crippen LogP contribution in [0.25, 0.3) is 0 Å². The molecule has 2 aromatic rings. The third kappa shape index (κ3) is 4.29. The number of aldehydes is 1. The molecule has 2 saturated heterocycles. The van der Waals surface area contributed by atoms with E-state index in [1.54, 1.807) is 24.3 Å². The number of benzene rings is 2. The number of hydrogen-bond donors (Lipinski definition) is 1. The second kappa shape index (κ2) is 9.14. The fourth-order valence-electron chi connectivity index (χ4n) is 4.56.